The molecule has 0 spiro atoms. The maximum Gasteiger partial charge on any atom is 0.233 e. The molecule has 4 fully saturated rings. The summed E-state index contributed by atoms with van der Waals surface area (Å²) in [4.78, 5) is 32.0. The van der Waals surface area contributed by atoms with Crippen LogP contribution in [0.3, 0.4) is 0 Å². The molecule has 4 aliphatic rings. The van der Waals surface area contributed by atoms with E-state index in [4.69, 9.17) is 11.6 Å². The van der Waals surface area contributed by atoms with Gasteiger partial charge in [-0.05, 0) is 62.6 Å². The number of likely N-dealkylation sites (tertiary alicyclic amines) is 1. The van der Waals surface area contributed by atoms with Gasteiger partial charge in [-0.1, -0.05) is 36.6 Å². The molecule has 1 aromatic rings. The molecule has 2 aliphatic carbocycles. The molecule has 2 amide bonds. The Morgan fingerprint density at radius 2 is 1.42 bits per heavy atom. The number of carbonyl (C=O) groups is 2. The number of benzene rings is 1. The Kier molecular flexibility index (Phi) is 6.25. The van der Waals surface area contributed by atoms with Crippen LogP contribution in [-0.2, 0) is 9.59 Å². The average molecular weight is 444 g/mol. The molecule has 2 aliphatic heterocycles. The lowest BCUT2D eigenvalue weighted by molar-refractivity contribution is -0.140. The van der Waals surface area contributed by atoms with E-state index in [1.807, 2.05) is 18.2 Å². The van der Waals surface area contributed by atoms with E-state index in [-0.39, 0.29) is 23.7 Å². The summed E-state index contributed by atoms with van der Waals surface area (Å²) >= 11 is 6.34. The molecule has 2 saturated carbocycles. The average Bonchev–Trinajstić information content (AvgIpc) is 3.46. The van der Waals surface area contributed by atoms with Crippen LogP contribution in [0.25, 0.3) is 0 Å². The standard InChI is InChI=1S/C25H34ClN3O2/c26-20-7-3-4-8-21(20)28-15-13-27(14-16-28)11-5-1-2-6-12-29-24(30)22-18-9-10-19(17-18)23(22)25(29)31/h3-4,7-8,18-19,22-23H,1-2,5-6,9-17H2/t18-,19+,22+,23-. The number of piperazine rings is 1. The zero-order valence-corrected chi connectivity index (χ0v) is 19.1. The topological polar surface area (TPSA) is 43.9 Å². The lowest BCUT2D eigenvalue weighted by Crippen LogP contribution is -2.46. The molecule has 6 heteroatoms. The lowest BCUT2D eigenvalue weighted by atomic mass is 9.81. The van der Waals surface area contributed by atoms with Crippen LogP contribution in [0.2, 0.25) is 5.02 Å². The van der Waals surface area contributed by atoms with Crippen molar-refractivity contribution in [2.24, 2.45) is 23.7 Å². The molecular formula is C25H34ClN3O2. The van der Waals surface area contributed by atoms with Crippen LogP contribution >= 0.6 is 11.6 Å². The van der Waals surface area contributed by atoms with Crippen molar-refractivity contribution >= 4 is 29.1 Å². The first-order valence-electron chi connectivity index (χ1n) is 12.2. The van der Waals surface area contributed by atoms with Crippen LogP contribution in [0, 0.1) is 23.7 Å². The van der Waals surface area contributed by atoms with Gasteiger partial charge < -0.3 is 4.90 Å². The number of hydrogen-bond donors (Lipinski definition) is 0. The quantitative estimate of drug-likeness (QED) is 0.449. The minimum Gasteiger partial charge on any atom is -0.368 e. The summed E-state index contributed by atoms with van der Waals surface area (Å²) in [5.41, 5.74) is 1.15. The van der Waals surface area contributed by atoms with Gasteiger partial charge in [0, 0.05) is 32.7 Å². The molecule has 5 nitrogen and oxygen atoms in total. The van der Waals surface area contributed by atoms with Crippen molar-refractivity contribution in [1.29, 1.82) is 0 Å². The van der Waals surface area contributed by atoms with Gasteiger partial charge in [0.15, 0.2) is 0 Å². The van der Waals surface area contributed by atoms with Crippen molar-refractivity contribution in [2.45, 2.75) is 44.9 Å². The largest absolute Gasteiger partial charge is 0.368 e. The summed E-state index contributed by atoms with van der Waals surface area (Å²) in [6.45, 7) is 5.97. The van der Waals surface area contributed by atoms with Gasteiger partial charge in [-0.2, -0.15) is 0 Å². The molecule has 0 aromatic heterocycles. The summed E-state index contributed by atoms with van der Waals surface area (Å²) in [7, 11) is 0. The number of halogens is 1. The van der Waals surface area contributed by atoms with Gasteiger partial charge in [-0.3, -0.25) is 19.4 Å². The Morgan fingerprint density at radius 3 is 2.06 bits per heavy atom. The van der Waals surface area contributed by atoms with E-state index in [0.29, 0.717) is 18.4 Å². The van der Waals surface area contributed by atoms with E-state index in [1.165, 1.54) is 12.8 Å². The number of amides is 2. The fourth-order valence-electron chi connectivity index (χ4n) is 6.57. The highest BCUT2D eigenvalue weighted by Crippen LogP contribution is 2.56. The summed E-state index contributed by atoms with van der Waals surface area (Å²) in [6, 6.07) is 8.09. The Labute approximate surface area is 190 Å². The fourth-order valence-corrected chi connectivity index (χ4v) is 6.83. The van der Waals surface area contributed by atoms with Crippen molar-refractivity contribution in [2.75, 3.05) is 44.2 Å². The van der Waals surface area contributed by atoms with Crippen LogP contribution < -0.4 is 4.90 Å². The van der Waals surface area contributed by atoms with Crippen molar-refractivity contribution in [3.63, 3.8) is 0 Å². The summed E-state index contributed by atoms with van der Waals surface area (Å²) in [6.07, 6.45) is 7.83. The fraction of sp³-hybridized carbons (Fsp3) is 0.680. The summed E-state index contributed by atoms with van der Waals surface area (Å²) < 4.78 is 0. The molecule has 0 unspecified atom stereocenters. The second-order valence-corrected chi connectivity index (χ2v) is 10.3. The summed E-state index contributed by atoms with van der Waals surface area (Å²) in [5.74, 6) is 1.37. The minimum absolute atomic E-state index is 0.0377. The van der Waals surface area contributed by atoms with Crippen molar-refractivity contribution in [3.8, 4) is 0 Å². The van der Waals surface area contributed by atoms with Crippen molar-refractivity contribution < 1.29 is 9.59 Å². The summed E-state index contributed by atoms with van der Waals surface area (Å²) in [5, 5.41) is 0.835. The number of nitrogens with zero attached hydrogens (tertiary/aromatic N) is 3. The Bertz CT molecular complexity index is 795. The second-order valence-electron chi connectivity index (χ2n) is 9.91. The molecular weight excluding hydrogens is 410 g/mol. The minimum atomic E-state index is 0.0377. The molecule has 2 bridgehead atoms. The molecule has 2 heterocycles. The van der Waals surface area contributed by atoms with Gasteiger partial charge in [0.2, 0.25) is 11.8 Å². The van der Waals surface area contributed by atoms with Gasteiger partial charge in [0.1, 0.15) is 0 Å². The van der Waals surface area contributed by atoms with E-state index in [1.54, 1.807) is 4.90 Å². The molecule has 2 saturated heterocycles. The third kappa shape index (κ3) is 4.11. The molecule has 1 aromatic carbocycles. The maximum atomic E-state index is 12.7. The van der Waals surface area contributed by atoms with Crippen LogP contribution in [0.4, 0.5) is 5.69 Å². The molecule has 0 radical (unpaired) electrons. The maximum absolute atomic E-state index is 12.7. The predicted molar refractivity (Wildman–Crippen MR) is 123 cm³/mol. The molecule has 5 rings (SSSR count). The van der Waals surface area contributed by atoms with E-state index < -0.39 is 0 Å². The second kappa shape index (κ2) is 9.11. The van der Waals surface area contributed by atoms with Crippen LogP contribution in [0.15, 0.2) is 24.3 Å². The number of fused-ring (bicyclic) bond motifs is 5. The highest BCUT2D eigenvalue weighted by Gasteiger charge is 2.60. The first kappa shape index (κ1) is 21.3. The predicted octanol–water partition coefficient (Wildman–Crippen LogP) is 4.05. The SMILES string of the molecule is O=C1[C@@H]2[C@H]3CC[C@H](C3)[C@@H]2C(=O)N1CCCCCCN1CCN(c2ccccc2Cl)CC1. The van der Waals surface area contributed by atoms with Gasteiger partial charge >= 0.3 is 0 Å². The number of carbonyl (C=O) groups excluding carboxylic acids is 2. The smallest absolute Gasteiger partial charge is 0.233 e. The van der Waals surface area contributed by atoms with Gasteiger partial charge in [-0.25, -0.2) is 0 Å². The number of hydrogen-bond acceptors (Lipinski definition) is 4. The molecule has 4 atom stereocenters. The van der Waals surface area contributed by atoms with Crippen LogP contribution in [0.5, 0.6) is 0 Å². The van der Waals surface area contributed by atoms with Gasteiger partial charge in [0.25, 0.3) is 0 Å². The Hall–Kier alpha value is -1.59. The monoisotopic (exact) mass is 443 g/mol. The molecule has 0 N–H and O–H groups in total. The number of imide groups is 1. The number of anilines is 1. The van der Waals surface area contributed by atoms with E-state index in [2.05, 4.69) is 15.9 Å². The molecule has 31 heavy (non-hydrogen) atoms. The first-order valence-corrected chi connectivity index (χ1v) is 12.6. The highest BCUT2D eigenvalue weighted by molar-refractivity contribution is 6.33. The third-order valence-corrected chi connectivity index (χ3v) is 8.51. The van der Waals surface area contributed by atoms with Gasteiger partial charge in [0.05, 0.1) is 22.5 Å². The van der Waals surface area contributed by atoms with Crippen LogP contribution in [-0.4, -0.2) is 60.9 Å². The van der Waals surface area contributed by atoms with Crippen molar-refractivity contribution in [3.05, 3.63) is 29.3 Å². The van der Waals surface area contributed by atoms with Gasteiger partial charge in [-0.15, -0.1) is 0 Å². The molecule has 168 valence electrons. The van der Waals surface area contributed by atoms with Crippen LogP contribution in [0.1, 0.15) is 44.9 Å². The first-order chi connectivity index (χ1) is 15.1. The number of unbranched alkanes of at least 4 members (excludes halogenated alkanes) is 3. The van der Waals surface area contributed by atoms with E-state index >= 15 is 0 Å². The van der Waals surface area contributed by atoms with E-state index in [9.17, 15) is 9.59 Å². The zero-order valence-electron chi connectivity index (χ0n) is 18.3. The normalized spacial score (nSPS) is 30.5. The lowest BCUT2D eigenvalue weighted by Gasteiger charge is -2.36. The van der Waals surface area contributed by atoms with Crippen molar-refractivity contribution in [1.82, 2.24) is 9.80 Å². The Morgan fingerprint density at radius 1 is 0.806 bits per heavy atom. The highest BCUT2D eigenvalue weighted by atomic mass is 35.5. The zero-order chi connectivity index (χ0) is 21.4. The Balaban J connectivity index is 0.977. The van der Waals surface area contributed by atoms with E-state index in [0.717, 1.165) is 75.5 Å². The number of rotatable bonds is 8. The third-order valence-electron chi connectivity index (χ3n) is 8.19. The number of para-hydroxylation sites is 1.